The third-order valence-electron chi connectivity index (χ3n) is 3.18. The number of carboxylic acid groups (broad SMARTS) is 1. The van der Waals surface area contributed by atoms with Crippen molar-refractivity contribution in [1.82, 2.24) is 10.2 Å². The number of amides is 2. The molecular formula is C12H22N2O3S. The summed E-state index contributed by atoms with van der Waals surface area (Å²) in [5.74, 6) is 0.0223. The van der Waals surface area contributed by atoms with Crippen LogP contribution in [-0.4, -0.2) is 51.1 Å². The Hall–Kier alpha value is -0.910. The zero-order valence-electron chi connectivity index (χ0n) is 11.4. The first-order chi connectivity index (χ1) is 8.23. The molecule has 2 unspecified atom stereocenters. The summed E-state index contributed by atoms with van der Waals surface area (Å²) in [6, 6.07) is 0.00489. The summed E-state index contributed by atoms with van der Waals surface area (Å²) < 4.78 is 0. The van der Waals surface area contributed by atoms with E-state index in [9.17, 15) is 9.59 Å². The fraction of sp³-hybridized carbons (Fsp3) is 0.833. The zero-order chi connectivity index (χ0) is 13.9. The van der Waals surface area contributed by atoms with Gasteiger partial charge in [0.25, 0.3) is 0 Å². The van der Waals surface area contributed by atoms with Gasteiger partial charge in [0.05, 0.1) is 6.42 Å². The third-order valence-corrected chi connectivity index (χ3v) is 4.52. The van der Waals surface area contributed by atoms with Crippen LogP contribution < -0.4 is 5.32 Å². The molecule has 0 aromatic rings. The van der Waals surface area contributed by atoms with E-state index in [4.69, 9.17) is 5.11 Å². The Morgan fingerprint density at radius 2 is 2.06 bits per heavy atom. The summed E-state index contributed by atoms with van der Waals surface area (Å²) in [5, 5.41) is 12.0. The van der Waals surface area contributed by atoms with Crippen LogP contribution in [0.5, 0.6) is 0 Å². The molecule has 0 aliphatic carbocycles. The minimum absolute atomic E-state index is 0.0781. The molecular weight excluding hydrogens is 252 g/mol. The molecule has 18 heavy (non-hydrogen) atoms. The number of aliphatic carboxylic acids is 1. The fourth-order valence-electron chi connectivity index (χ4n) is 2.00. The van der Waals surface area contributed by atoms with Crippen LogP contribution in [0.25, 0.3) is 0 Å². The minimum atomic E-state index is -0.907. The van der Waals surface area contributed by atoms with Gasteiger partial charge in [-0.2, -0.15) is 11.8 Å². The Kier molecular flexibility index (Phi) is 4.90. The maximum Gasteiger partial charge on any atom is 0.318 e. The highest BCUT2D eigenvalue weighted by atomic mass is 32.2. The van der Waals surface area contributed by atoms with Gasteiger partial charge in [0, 0.05) is 29.1 Å². The van der Waals surface area contributed by atoms with Crippen molar-refractivity contribution in [3.63, 3.8) is 0 Å². The summed E-state index contributed by atoms with van der Waals surface area (Å²) in [7, 11) is 0. The van der Waals surface area contributed by atoms with E-state index < -0.39 is 11.5 Å². The lowest BCUT2D eigenvalue weighted by molar-refractivity contribution is -0.138. The lowest BCUT2D eigenvalue weighted by Crippen LogP contribution is -2.56. The van der Waals surface area contributed by atoms with Gasteiger partial charge in [0.1, 0.15) is 0 Å². The van der Waals surface area contributed by atoms with Crippen LogP contribution in [0.4, 0.5) is 4.79 Å². The monoisotopic (exact) mass is 274 g/mol. The second-order valence-corrected chi connectivity index (χ2v) is 6.88. The van der Waals surface area contributed by atoms with Gasteiger partial charge in [-0.25, -0.2) is 4.79 Å². The highest BCUT2D eigenvalue weighted by Gasteiger charge is 2.32. The number of nitrogens with one attached hydrogen (secondary N) is 1. The summed E-state index contributed by atoms with van der Waals surface area (Å²) in [6.45, 7) is 8.31. The highest BCUT2D eigenvalue weighted by Crippen LogP contribution is 2.24. The van der Waals surface area contributed by atoms with Gasteiger partial charge in [-0.05, 0) is 20.8 Å². The van der Waals surface area contributed by atoms with E-state index in [2.05, 4.69) is 12.2 Å². The van der Waals surface area contributed by atoms with E-state index in [0.29, 0.717) is 11.8 Å². The largest absolute Gasteiger partial charge is 0.481 e. The van der Waals surface area contributed by atoms with E-state index in [1.54, 1.807) is 18.7 Å². The molecule has 5 nitrogen and oxygen atoms in total. The van der Waals surface area contributed by atoms with E-state index in [-0.39, 0.29) is 18.5 Å². The van der Waals surface area contributed by atoms with Crippen LogP contribution in [0.3, 0.4) is 0 Å². The van der Waals surface area contributed by atoms with E-state index in [0.717, 1.165) is 5.75 Å². The first kappa shape index (κ1) is 15.1. The number of nitrogens with zero attached hydrogens (tertiary/aromatic N) is 1. The Morgan fingerprint density at radius 1 is 1.44 bits per heavy atom. The van der Waals surface area contributed by atoms with Crippen molar-refractivity contribution in [2.24, 2.45) is 0 Å². The molecule has 0 spiro atoms. The molecule has 6 heteroatoms. The minimum Gasteiger partial charge on any atom is -0.481 e. The number of thioether (sulfide) groups is 1. The Morgan fingerprint density at radius 3 is 2.61 bits per heavy atom. The smallest absolute Gasteiger partial charge is 0.318 e. The summed E-state index contributed by atoms with van der Waals surface area (Å²) in [5.41, 5.74) is -0.726. The number of carbonyl (C=O) groups is 2. The van der Waals surface area contributed by atoms with Crippen LogP contribution in [0.2, 0.25) is 0 Å². The molecule has 2 amide bonds. The number of hydrogen-bond donors (Lipinski definition) is 2. The molecule has 1 heterocycles. The normalized spacial score (nSPS) is 24.8. The van der Waals surface area contributed by atoms with Gasteiger partial charge in [-0.15, -0.1) is 0 Å². The molecule has 1 fully saturated rings. The maximum atomic E-state index is 12.2. The Labute approximate surface area is 112 Å². The molecule has 104 valence electrons. The Balaban J connectivity index is 2.61. The van der Waals surface area contributed by atoms with Gasteiger partial charge in [0.15, 0.2) is 0 Å². The van der Waals surface area contributed by atoms with Gasteiger partial charge in [0.2, 0.25) is 0 Å². The second kappa shape index (κ2) is 5.82. The molecule has 2 atom stereocenters. The third kappa shape index (κ3) is 4.08. The molecule has 0 aromatic heterocycles. The Bertz CT molecular complexity index is 333. The standard InChI is InChI=1S/C12H22N2O3S/c1-8-9(2)18-6-5-14(8)11(17)13-12(3,4)7-10(15)16/h8-9H,5-7H2,1-4H3,(H,13,17)(H,15,16). The molecule has 1 aliphatic rings. The average molecular weight is 274 g/mol. The van der Waals surface area contributed by atoms with Crippen molar-refractivity contribution in [3.05, 3.63) is 0 Å². The van der Waals surface area contributed by atoms with Crippen LogP contribution >= 0.6 is 11.8 Å². The molecule has 1 aliphatic heterocycles. The van der Waals surface area contributed by atoms with Crippen LogP contribution in [0.15, 0.2) is 0 Å². The lowest BCUT2D eigenvalue weighted by Gasteiger charge is -2.39. The maximum absolute atomic E-state index is 12.2. The summed E-state index contributed by atoms with van der Waals surface area (Å²) >= 11 is 1.86. The lowest BCUT2D eigenvalue weighted by atomic mass is 10.0. The van der Waals surface area contributed by atoms with E-state index in [1.165, 1.54) is 0 Å². The van der Waals surface area contributed by atoms with Crippen molar-refractivity contribution in [1.29, 1.82) is 0 Å². The van der Waals surface area contributed by atoms with Crippen LogP contribution in [0, 0.1) is 0 Å². The van der Waals surface area contributed by atoms with E-state index in [1.807, 2.05) is 18.7 Å². The predicted octanol–water partition coefficient (Wildman–Crippen LogP) is 1.78. The number of rotatable bonds is 3. The van der Waals surface area contributed by atoms with Gasteiger partial charge >= 0.3 is 12.0 Å². The molecule has 1 rings (SSSR count). The number of carboxylic acids is 1. The quantitative estimate of drug-likeness (QED) is 0.823. The molecule has 0 aromatic carbocycles. The summed E-state index contributed by atoms with van der Waals surface area (Å²) in [6.07, 6.45) is -0.0781. The number of hydrogen-bond acceptors (Lipinski definition) is 3. The molecule has 1 saturated heterocycles. The predicted molar refractivity (Wildman–Crippen MR) is 73.0 cm³/mol. The van der Waals surface area contributed by atoms with Crippen molar-refractivity contribution in [3.8, 4) is 0 Å². The topological polar surface area (TPSA) is 69.6 Å². The SMILES string of the molecule is CC1SCCN(C(=O)NC(C)(C)CC(=O)O)C1C. The van der Waals surface area contributed by atoms with Crippen LogP contribution in [-0.2, 0) is 4.79 Å². The van der Waals surface area contributed by atoms with Gasteiger partial charge < -0.3 is 15.3 Å². The van der Waals surface area contributed by atoms with Crippen molar-refractivity contribution >= 4 is 23.8 Å². The first-order valence-corrected chi connectivity index (χ1v) is 7.20. The highest BCUT2D eigenvalue weighted by molar-refractivity contribution is 8.00. The molecule has 0 bridgehead atoms. The fourth-order valence-corrected chi connectivity index (χ4v) is 3.10. The molecule has 0 radical (unpaired) electrons. The number of carbonyl (C=O) groups excluding carboxylic acids is 1. The van der Waals surface area contributed by atoms with Crippen molar-refractivity contribution in [2.75, 3.05) is 12.3 Å². The number of urea groups is 1. The van der Waals surface area contributed by atoms with E-state index >= 15 is 0 Å². The molecule has 0 saturated carbocycles. The van der Waals surface area contributed by atoms with Crippen molar-refractivity contribution in [2.45, 2.75) is 50.9 Å². The van der Waals surface area contributed by atoms with Crippen molar-refractivity contribution < 1.29 is 14.7 Å². The molecule has 2 N–H and O–H groups in total. The zero-order valence-corrected chi connectivity index (χ0v) is 12.2. The van der Waals surface area contributed by atoms with Gasteiger partial charge in [-0.3, -0.25) is 4.79 Å². The second-order valence-electron chi connectivity index (χ2n) is 5.39. The van der Waals surface area contributed by atoms with Crippen LogP contribution in [0.1, 0.15) is 34.1 Å². The summed E-state index contributed by atoms with van der Waals surface area (Å²) in [4.78, 5) is 24.7. The van der Waals surface area contributed by atoms with Gasteiger partial charge in [-0.1, -0.05) is 6.92 Å². The first-order valence-electron chi connectivity index (χ1n) is 6.15. The average Bonchev–Trinajstić information content (AvgIpc) is 2.18.